The molecule has 4 heterocycles. The Bertz CT molecular complexity index is 1580. The molecule has 0 bridgehead atoms. The van der Waals surface area contributed by atoms with Crippen LogP contribution in [0.2, 0.25) is 0 Å². The van der Waals surface area contributed by atoms with Crippen LogP contribution < -0.4 is 5.56 Å². The van der Waals surface area contributed by atoms with E-state index in [0.717, 1.165) is 47.1 Å². The number of carbonyl (C=O) groups is 1. The third-order valence-corrected chi connectivity index (χ3v) is 6.48. The van der Waals surface area contributed by atoms with Gasteiger partial charge in [-0.3, -0.25) is 14.3 Å². The van der Waals surface area contributed by atoms with Gasteiger partial charge in [0.1, 0.15) is 11.6 Å². The van der Waals surface area contributed by atoms with E-state index in [0.29, 0.717) is 35.8 Å². The fraction of sp³-hybridized carbons (Fsp3) is 0.308. The molecule has 1 aromatic carbocycles. The van der Waals surface area contributed by atoms with E-state index in [1.165, 1.54) is 0 Å². The van der Waals surface area contributed by atoms with Crippen molar-refractivity contribution in [1.29, 1.82) is 0 Å². The number of halogens is 4. The molecular weight excluding hydrogens is 581 g/mol. The first-order chi connectivity index (χ1) is 18.6. The number of nitrogens with zero attached hydrogens (tertiary/aromatic N) is 6. The van der Waals surface area contributed by atoms with Crippen molar-refractivity contribution in [3.63, 3.8) is 0 Å². The van der Waals surface area contributed by atoms with Crippen LogP contribution in [0.3, 0.4) is 0 Å². The lowest BCUT2D eigenvalue weighted by Gasteiger charge is -2.12. The van der Waals surface area contributed by atoms with E-state index in [-0.39, 0.29) is 5.56 Å². The number of benzene rings is 1. The molecule has 0 aliphatic carbocycles. The number of pyridine rings is 1. The van der Waals surface area contributed by atoms with E-state index in [9.17, 15) is 18.0 Å². The van der Waals surface area contributed by atoms with Crippen molar-refractivity contribution in [1.82, 2.24) is 24.1 Å². The monoisotopic (exact) mass is 604 g/mol. The predicted octanol–water partition coefficient (Wildman–Crippen LogP) is 5.35. The lowest BCUT2D eigenvalue weighted by atomic mass is 10.0. The van der Waals surface area contributed by atoms with Crippen molar-refractivity contribution in [2.75, 3.05) is 0 Å². The third kappa shape index (κ3) is 6.41. The smallest absolute Gasteiger partial charge is 0.475 e. The Hall–Kier alpha value is -3.87. The Morgan fingerprint density at radius 2 is 1.82 bits per heavy atom. The lowest BCUT2D eigenvalue weighted by molar-refractivity contribution is -0.192. The topological polar surface area (TPSA) is 115 Å². The summed E-state index contributed by atoms with van der Waals surface area (Å²) in [6.45, 7) is 2.94. The second-order valence-corrected chi connectivity index (χ2v) is 9.71. The molecule has 13 heteroatoms. The first-order valence-corrected chi connectivity index (χ1v) is 12.9. The van der Waals surface area contributed by atoms with Gasteiger partial charge in [-0.25, -0.2) is 14.2 Å². The number of hydrogen-bond acceptors (Lipinski definition) is 6. The highest BCUT2D eigenvalue weighted by atomic mass is 79.9. The molecule has 0 unspecified atom stereocenters. The summed E-state index contributed by atoms with van der Waals surface area (Å²) in [7, 11) is 0. The van der Waals surface area contributed by atoms with Gasteiger partial charge >= 0.3 is 12.1 Å². The quantitative estimate of drug-likeness (QED) is 0.284. The number of aromatic nitrogens is 5. The number of aryl methyl sites for hydroxylation is 1. The van der Waals surface area contributed by atoms with E-state index in [1.807, 2.05) is 22.8 Å². The first-order valence-electron chi connectivity index (χ1n) is 12.1. The number of aliphatic carboxylic acids is 1. The molecule has 0 fully saturated rings. The van der Waals surface area contributed by atoms with Crippen LogP contribution >= 0.6 is 15.9 Å². The van der Waals surface area contributed by atoms with Gasteiger partial charge in [-0.1, -0.05) is 44.0 Å². The standard InChI is InChI=1S/C24H23BrN6O.C2HF3O2/c1-2-3-4-12-30-22-19(15-20(25)27-22)23(32)31-21(28-29-24(30)31)14-16-6-5-7-18(13-16)17-8-10-26-11-9-17;3-2(4,5)1(6)7/h5-11,13H,2-4,12,14-15H2,1H3;(H,6,7). The summed E-state index contributed by atoms with van der Waals surface area (Å²) < 4.78 is 36.2. The molecule has 204 valence electrons. The van der Waals surface area contributed by atoms with Crippen molar-refractivity contribution < 1.29 is 23.1 Å². The molecule has 0 amide bonds. The maximum absolute atomic E-state index is 13.4. The molecular formula is C26H24BrF3N6O3. The molecule has 3 aromatic heterocycles. The van der Waals surface area contributed by atoms with Gasteiger partial charge in [0, 0.05) is 31.8 Å². The maximum Gasteiger partial charge on any atom is 0.490 e. The number of carboxylic acid groups (broad SMARTS) is 1. The van der Waals surface area contributed by atoms with Crippen LogP contribution in [0.5, 0.6) is 0 Å². The Balaban J connectivity index is 0.000000448. The van der Waals surface area contributed by atoms with E-state index in [4.69, 9.17) is 9.90 Å². The number of rotatable bonds is 7. The molecule has 9 nitrogen and oxygen atoms in total. The Kier molecular flexibility index (Phi) is 8.58. The number of hydrogen-bond donors (Lipinski definition) is 1. The van der Waals surface area contributed by atoms with E-state index in [2.05, 4.69) is 61.2 Å². The average molecular weight is 605 g/mol. The van der Waals surface area contributed by atoms with Crippen molar-refractivity contribution >= 4 is 38.1 Å². The minimum Gasteiger partial charge on any atom is -0.475 e. The first kappa shape index (κ1) is 28.1. The number of unbranched alkanes of at least 4 members (excludes halogenated alkanes) is 2. The van der Waals surface area contributed by atoms with Crippen molar-refractivity contribution in [3.05, 3.63) is 76.1 Å². The van der Waals surface area contributed by atoms with Gasteiger partial charge in [-0.05, 0) is 51.2 Å². The SMILES string of the molecule is CCCCCn1c2c(c(=O)n3c(Cc4cccc(-c5ccncc5)c4)nnc13)CC(Br)=N2.O=C(O)C(F)(F)F. The second-order valence-electron chi connectivity index (χ2n) is 8.80. The molecule has 1 aliphatic heterocycles. The van der Waals surface area contributed by atoms with Crippen LogP contribution in [0.25, 0.3) is 16.9 Å². The Labute approximate surface area is 229 Å². The van der Waals surface area contributed by atoms with E-state index < -0.39 is 12.1 Å². The fourth-order valence-corrected chi connectivity index (χ4v) is 4.64. The zero-order valence-electron chi connectivity index (χ0n) is 20.8. The highest BCUT2D eigenvalue weighted by molar-refractivity contribution is 9.18. The van der Waals surface area contributed by atoms with Crippen LogP contribution in [-0.2, 0) is 24.2 Å². The molecule has 4 aromatic rings. The Morgan fingerprint density at radius 3 is 2.49 bits per heavy atom. The molecule has 0 saturated heterocycles. The van der Waals surface area contributed by atoms with Gasteiger partial charge in [0.25, 0.3) is 5.56 Å². The number of aliphatic imine (C=N–C) groups is 1. The van der Waals surface area contributed by atoms with Gasteiger partial charge in [0.05, 0.1) is 10.2 Å². The molecule has 5 rings (SSSR count). The highest BCUT2D eigenvalue weighted by Gasteiger charge is 2.38. The molecule has 1 aliphatic rings. The van der Waals surface area contributed by atoms with Crippen molar-refractivity contribution in [2.45, 2.75) is 51.7 Å². The lowest BCUT2D eigenvalue weighted by Crippen LogP contribution is -2.23. The number of carboxylic acids is 1. The van der Waals surface area contributed by atoms with Crippen LogP contribution in [0, 0.1) is 0 Å². The molecule has 0 saturated carbocycles. The van der Waals surface area contributed by atoms with Crippen LogP contribution in [0.1, 0.15) is 43.1 Å². The molecule has 39 heavy (non-hydrogen) atoms. The largest absolute Gasteiger partial charge is 0.490 e. The van der Waals surface area contributed by atoms with E-state index >= 15 is 0 Å². The normalized spacial score (nSPS) is 12.6. The summed E-state index contributed by atoms with van der Waals surface area (Å²) in [4.78, 5) is 31.0. The van der Waals surface area contributed by atoms with Crippen molar-refractivity contribution in [2.24, 2.45) is 4.99 Å². The number of fused-ring (bicyclic) bond motifs is 2. The summed E-state index contributed by atoms with van der Waals surface area (Å²) in [5.74, 6) is -0.834. The summed E-state index contributed by atoms with van der Waals surface area (Å²) in [5.41, 5.74) is 3.90. The Morgan fingerprint density at radius 1 is 1.10 bits per heavy atom. The average Bonchev–Trinajstić information content (AvgIpc) is 3.50. The molecule has 0 atom stereocenters. The minimum atomic E-state index is -5.08. The fourth-order valence-electron chi connectivity index (χ4n) is 4.19. The minimum absolute atomic E-state index is 0.0785. The summed E-state index contributed by atoms with van der Waals surface area (Å²) >= 11 is 3.48. The maximum atomic E-state index is 13.4. The van der Waals surface area contributed by atoms with Crippen LogP contribution in [-0.4, -0.2) is 46.0 Å². The van der Waals surface area contributed by atoms with Gasteiger partial charge in [-0.2, -0.15) is 13.2 Å². The zero-order valence-corrected chi connectivity index (χ0v) is 22.4. The third-order valence-electron chi connectivity index (χ3n) is 6.02. The molecule has 0 radical (unpaired) electrons. The zero-order chi connectivity index (χ0) is 28.2. The second kappa shape index (κ2) is 11.9. The van der Waals surface area contributed by atoms with Crippen molar-refractivity contribution in [3.8, 4) is 11.1 Å². The van der Waals surface area contributed by atoms with Gasteiger partial charge < -0.3 is 5.11 Å². The summed E-state index contributed by atoms with van der Waals surface area (Å²) in [5, 5.41) is 16.0. The summed E-state index contributed by atoms with van der Waals surface area (Å²) in [6, 6.07) is 12.3. The summed E-state index contributed by atoms with van der Waals surface area (Å²) in [6.07, 6.45) is 2.76. The van der Waals surface area contributed by atoms with Gasteiger partial charge in [0.15, 0.2) is 0 Å². The molecule has 1 N–H and O–H groups in total. The van der Waals surface area contributed by atoms with E-state index in [1.54, 1.807) is 16.8 Å². The van der Waals surface area contributed by atoms with Crippen LogP contribution in [0.15, 0.2) is 58.6 Å². The number of alkyl halides is 3. The van der Waals surface area contributed by atoms with Gasteiger partial charge in [0.2, 0.25) is 5.78 Å². The van der Waals surface area contributed by atoms with Gasteiger partial charge in [-0.15, -0.1) is 10.2 Å². The highest BCUT2D eigenvalue weighted by Crippen LogP contribution is 2.28. The predicted molar refractivity (Wildman–Crippen MR) is 143 cm³/mol. The molecule has 0 spiro atoms. The van der Waals surface area contributed by atoms with Crippen LogP contribution in [0.4, 0.5) is 19.0 Å².